The van der Waals surface area contributed by atoms with E-state index in [1.165, 1.54) is 5.56 Å². The Hall–Kier alpha value is -2.38. The summed E-state index contributed by atoms with van der Waals surface area (Å²) in [6.45, 7) is 1.66. The number of benzene rings is 1. The summed E-state index contributed by atoms with van der Waals surface area (Å²) in [4.78, 5) is 7.96. The van der Waals surface area contributed by atoms with E-state index in [4.69, 9.17) is 14.0 Å². The van der Waals surface area contributed by atoms with Crippen LogP contribution in [0.25, 0.3) is 10.7 Å². The second kappa shape index (κ2) is 7.47. The Balaban J connectivity index is 1.52. The molecule has 2 aromatic heterocycles. The minimum absolute atomic E-state index is 0.312. The molecule has 0 N–H and O–H groups in total. The summed E-state index contributed by atoms with van der Waals surface area (Å²) >= 11 is 1.61. The van der Waals surface area contributed by atoms with Crippen molar-refractivity contribution in [3.8, 4) is 22.2 Å². The highest BCUT2D eigenvalue weighted by Gasteiger charge is 2.28. The van der Waals surface area contributed by atoms with Crippen LogP contribution in [0.1, 0.15) is 30.3 Å². The van der Waals surface area contributed by atoms with Crippen molar-refractivity contribution in [2.24, 2.45) is 0 Å². The molecule has 1 aliphatic rings. The lowest BCUT2D eigenvalue weighted by molar-refractivity contribution is 0.212. The van der Waals surface area contributed by atoms with Gasteiger partial charge < -0.3 is 14.0 Å². The van der Waals surface area contributed by atoms with Crippen molar-refractivity contribution in [1.29, 1.82) is 0 Å². The highest BCUT2D eigenvalue weighted by Crippen LogP contribution is 2.37. The van der Waals surface area contributed by atoms with Crippen molar-refractivity contribution in [2.75, 3.05) is 20.8 Å². The van der Waals surface area contributed by atoms with Gasteiger partial charge in [-0.2, -0.15) is 4.98 Å². The molecule has 1 aliphatic heterocycles. The van der Waals surface area contributed by atoms with Crippen molar-refractivity contribution in [2.45, 2.75) is 25.4 Å². The zero-order valence-corrected chi connectivity index (χ0v) is 15.7. The van der Waals surface area contributed by atoms with Crippen LogP contribution >= 0.6 is 11.3 Å². The van der Waals surface area contributed by atoms with Crippen LogP contribution in [0.3, 0.4) is 0 Å². The third-order valence-electron chi connectivity index (χ3n) is 4.70. The number of rotatable bonds is 6. The van der Waals surface area contributed by atoms with Gasteiger partial charge in [0.15, 0.2) is 11.5 Å². The third-order valence-corrected chi connectivity index (χ3v) is 5.57. The van der Waals surface area contributed by atoms with Crippen molar-refractivity contribution < 1.29 is 14.0 Å². The molecular weight excluding hydrogens is 350 g/mol. The number of hydrogen-bond acceptors (Lipinski definition) is 7. The van der Waals surface area contributed by atoms with Gasteiger partial charge >= 0.3 is 0 Å². The molecule has 1 atom stereocenters. The summed E-state index contributed by atoms with van der Waals surface area (Å²) in [6.07, 6.45) is 2.24. The summed E-state index contributed by atoms with van der Waals surface area (Å²) in [6, 6.07) is 10.4. The fourth-order valence-electron chi connectivity index (χ4n) is 3.45. The molecule has 3 aromatic rings. The lowest BCUT2D eigenvalue weighted by Crippen LogP contribution is -2.23. The van der Waals surface area contributed by atoms with Crippen molar-refractivity contribution >= 4 is 11.3 Å². The van der Waals surface area contributed by atoms with Crippen LogP contribution in [0.5, 0.6) is 11.5 Å². The van der Waals surface area contributed by atoms with Crippen LogP contribution in [-0.2, 0) is 6.54 Å². The third kappa shape index (κ3) is 3.32. The molecule has 0 amide bonds. The van der Waals surface area contributed by atoms with E-state index >= 15 is 0 Å². The maximum Gasteiger partial charge on any atom is 0.241 e. The van der Waals surface area contributed by atoms with E-state index in [9.17, 15) is 0 Å². The first kappa shape index (κ1) is 17.1. The summed E-state index contributed by atoms with van der Waals surface area (Å²) in [5, 5.41) is 6.12. The normalized spacial score (nSPS) is 17.5. The van der Waals surface area contributed by atoms with Gasteiger partial charge in [0.05, 0.1) is 25.6 Å². The SMILES string of the molecule is COc1ccc(C2CCCN2Cc2nc(-c3cccs3)no2)cc1OC. The van der Waals surface area contributed by atoms with Gasteiger partial charge in [-0.15, -0.1) is 11.3 Å². The van der Waals surface area contributed by atoms with Crippen LogP contribution in [0.4, 0.5) is 0 Å². The highest BCUT2D eigenvalue weighted by molar-refractivity contribution is 7.13. The molecule has 1 saturated heterocycles. The topological polar surface area (TPSA) is 60.6 Å². The Bertz CT molecular complexity index is 863. The summed E-state index contributed by atoms with van der Waals surface area (Å²) < 4.78 is 16.3. The quantitative estimate of drug-likeness (QED) is 0.649. The van der Waals surface area contributed by atoms with Gasteiger partial charge in [-0.25, -0.2) is 0 Å². The molecule has 7 heteroatoms. The Morgan fingerprint density at radius 2 is 2.12 bits per heavy atom. The minimum atomic E-state index is 0.312. The molecular formula is C19H21N3O3S. The molecule has 0 bridgehead atoms. The van der Waals surface area contributed by atoms with Crippen molar-refractivity contribution in [3.63, 3.8) is 0 Å². The summed E-state index contributed by atoms with van der Waals surface area (Å²) in [5.41, 5.74) is 1.22. The Labute approximate surface area is 156 Å². The molecule has 1 fully saturated rings. The predicted octanol–water partition coefficient (Wildman–Crippen LogP) is 4.15. The van der Waals surface area contributed by atoms with Crippen LogP contribution in [0.15, 0.2) is 40.2 Å². The number of nitrogens with zero attached hydrogens (tertiary/aromatic N) is 3. The number of ether oxygens (including phenoxy) is 2. The number of aromatic nitrogens is 2. The molecule has 136 valence electrons. The van der Waals surface area contributed by atoms with Gasteiger partial charge in [-0.05, 0) is 48.5 Å². The smallest absolute Gasteiger partial charge is 0.241 e. The van der Waals surface area contributed by atoms with E-state index in [1.807, 2.05) is 23.6 Å². The van der Waals surface area contributed by atoms with E-state index in [1.54, 1.807) is 25.6 Å². The van der Waals surface area contributed by atoms with E-state index in [0.29, 0.717) is 24.3 Å². The largest absolute Gasteiger partial charge is 0.493 e. The fraction of sp³-hybridized carbons (Fsp3) is 0.368. The Morgan fingerprint density at radius 1 is 1.23 bits per heavy atom. The zero-order valence-electron chi connectivity index (χ0n) is 14.8. The van der Waals surface area contributed by atoms with Gasteiger partial charge in [0, 0.05) is 6.04 Å². The van der Waals surface area contributed by atoms with E-state index < -0.39 is 0 Å². The minimum Gasteiger partial charge on any atom is -0.493 e. The van der Waals surface area contributed by atoms with Crippen LogP contribution in [0.2, 0.25) is 0 Å². The van der Waals surface area contributed by atoms with Crippen molar-refractivity contribution in [3.05, 3.63) is 47.2 Å². The first-order valence-electron chi connectivity index (χ1n) is 8.61. The highest BCUT2D eigenvalue weighted by atomic mass is 32.1. The predicted molar refractivity (Wildman–Crippen MR) is 99.5 cm³/mol. The number of thiophene rings is 1. The van der Waals surface area contributed by atoms with Gasteiger partial charge in [-0.1, -0.05) is 17.3 Å². The van der Waals surface area contributed by atoms with Gasteiger partial charge in [0.25, 0.3) is 0 Å². The van der Waals surface area contributed by atoms with E-state index in [0.717, 1.165) is 35.8 Å². The van der Waals surface area contributed by atoms with Gasteiger partial charge in [0.1, 0.15) is 0 Å². The van der Waals surface area contributed by atoms with Crippen LogP contribution in [0, 0.1) is 0 Å². The Kier molecular flexibility index (Phi) is 4.90. The summed E-state index contributed by atoms with van der Waals surface area (Å²) in [7, 11) is 3.32. The molecule has 26 heavy (non-hydrogen) atoms. The number of likely N-dealkylation sites (tertiary alicyclic amines) is 1. The van der Waals surface area contributed by atoms with Crippen molar-refractivity contribution in [1.82, 2.24) is 15.0 Å². The van der Waals surface area contributed by atoms with E-state index in [2.05, 4.69) is 27.2 Å². The molecule has 0 radical (unpaired) electrons. The molecule has 1 aromatic carbocycles. The first-order chi connectivity index (χ1) is 12.8. The first-order valence-corrected chi connectivity index (χ1v) is 9.49. The standard InChI is InChI=1S/C19H21N3O3S/c1-23-15-8-7-13(11-16(15)24-2)14-5-3-9-22(14)12-18-20-19(21-25-18)17-6-4-10-26-17/h4,6-8,10-11,14H,3,5,9,12H2,1-2H3. The van der Waals surface area contributed by atoms with E-state index in [-0.39, 0.29) is 0 Å². The number of methoxy groups -OCH3 is 2. The molecule has 3 heterocycles. The maximum atomic E-state index is 5.48. The lowest BCUT2D eigenvalue weighted by atomic mass is 10.0. The van der Waals surface area contributed by atoms with Gasteiger partial charge in [0.2, 0.25) is 11.7 Å². The average molecular weight is 371 g/mol. The monoisotopic (exact) mass is 371 g/mol. The zero-order chi connectivity index (χ0) is 17.9. The second-order valence-electron chi connectivity index (χ2n) is 6.23. The maximum absolute atomic E-state index is 5.48. The average Bonchev–Trinajstić information content (AvgIpc) is 3.42. The molecule has 0 spiro atoms. The second-order valence-corrected chi connectivity index (χ2v) is 7.18. The van der Waals surface area contributed by atoms with Crippen LogP contribution < -0.4 is 9.47 Å². The van der Waals surface area contributed by atoms with Crippen LogP contribution in [-0.4, -0.2) is 35.8 Å². The van der Waals surface area contributed by atoms with Gasteiger partial charge in [-0.3, -0.25) is 4.90 Å². The molecule has 4 rings (SSSR count). The summed E-state index contributed by atoms with van der Waals surface area (Å²) in [5.74, 6) is 2.82. The lowest BCUT2D eigenvalue weighted by Gasteiger charge is -2.23. The Morgan fingerprint density at radius 3 is 2.88 bits per heavy atom. The molecule has 0 saturated carbocycles. The molecule has 1 unspecified atom stereocenters. The fourth-order valence-corrected chi connectivity index (χ4v) is 4.10. The molecule has 6 nitrogen and oxygen atoms in total. The molecule has 0 aliphatic carbocycles. The number of hydrogen-bond donors (Lipinski definition) is 0.